The molecule has 9 heteroatoms. The zero-order valence-corrected chi connectivity index (χ0v) is 12.9. The van der Waals surface area contributed by atoms with Gasteiger partial charge in [0.2, 0.25) is 5.91 Å². The van der Waals surface area contributed by atoms with Crippen LogP contribution < -0.4 is 16.4 Å². The van der Waals surface area contributed by atoms with Crippen molar-refractivity contribution in [2.75, 3.05) is 17.6 Å². The van der Waals surface area contributed by atoms with Crippen LogP contribution in [0.1, 0.15) is 20.3 Å². The van der Waals surface area contributed by atoms with Gasteiger partial charge in [-0.3, -0.25) is 19.7 Å². The highest BCUT2D eigenvalue weighted by Gasteiger charge is 2.21. The lowest BCUT2D eigenvalue weighted by molar-refractivity contribution is -0.384. The van der Waals surface area contributed by atoms with Gasteiger partial charge in [0.1, 0.15) is 6.04 Å². The number of non-ortho nitro benzene ring substituents is 1. The summed E-state index contributed by atoms with van der Waals surface area (Å²) in [6.45, 7) is 4.27. The third kappa shape index (κ3) is 5.91. The van der Waals surface area contributed by atoms with Crippen molar-refractivity contribution in [3.63, 3.8) is 0 Å². The molecular formula is C14H20N4O5. The fourth-order valence-electron chi connectivity index (χ4n) is 1.78. The Kier molecular flexibility index (Phi) is 6.46. The van der Waals surface area contributed by atoms with Crippen LogP contribution in [0.2, 0.25) is 0 Å². The number of aliphatic carboxylic acids is 1. The van der Waals surface area contributed by atoms with E-state index < -0.39 is 22.8 Å². The summed E-state index contributed by atoms with van der Waals surface area (Å²) in [5.74, 6) is -1.51. The van der Waals surface area contributed by atoms with Crippen LogP contribution >= 0.6 is 0 Å². The number of rotatable bonds is 8. The van der Waals surface area contributed by atoms with Crippen molar-refractivity contribution in [3.8, 4) is 0 Å². The maximum atomic E-state index is 12.0. The summed E-state index contributed by atoms with van der Waals surface area (Å²) in [5, 5.41) is 25.0. The number of benzene rings is 1. The highest BCUT2D eigenvalue weighted by Crippen LogP contribution is 2.24. The maximum Gasteiger partial charge on any atom is 0.321 e. The standard InChI is InChI=1S/C14H20N4O5/c1-8(2)7-16-12(14(20)21)6-13(19)17-11-5-9(18(22)23)3-4-10(11)15/h3-5,8,12,16H,6-7,15H2,1-2H3,(H,17,19)(H,20,21)/t12-/m1/s1. The largest absolute Gasteiger partial charge is 0.480 e. The fraction of sp³-hybridized carbons (Fsp3) is 0.429. The minimum atomic E-state index is -1.15. The second-order valence-corrected chi connectivity index (χ2v) is 5.47. The summed E-state index contributed by atoms with van der Waals surface area (Å²) in [6, 6.07) is 2.61. The molecule has 1 atom stereocenters. The topological polar surface area (TPSA) is 148 Å². The van der Waals surface area contributed by atoms with Crippen LogP contribution in [-0.2, 0) is 9.59 Å². The molecule has 0 spiro atoms. The maximum absolute atomic E-state index is 12.0. The number of nitrogens with two attached hydrogens (primary N) is 1. The summed E-state index contributed by atoms with van der Waals surface area (Å²) in [4.78, 5) is 33.2. The van der Waals surface area contributed by atoms with Gasteiger partial charge >= 0.3 is 5.97 Å². The molecule has 0 saturated heterocycles. The van der Waals surface area contributed by atoms with Crippen LogP contribution in [0.25, 0.3) is 0 Å². The molecule has 23 heavy (non-hydrogen) atoms. The molecule has 1 aromatic carbocycles. The van der Waals surface area contributed by atoms with E-state index in [1.807, 2.05) is 13.8 Å². The van der Waals surface area contributed by atoms with Gasteiger partial charge in [-0.25, -0.2) is 0 Å². The normalized spacial score (nSPS) is 12.0. The molecule has 0 bridgehead atoms. The van der Waals surface area contributed by atoms with Gasteiger partial charge < -0.3 is 21.5 Å². The first-order valence-electron chi connectivity index (χ1n) is 7.00. The molecule has 126 valence electrons. The van der Waals surface area contributed by atoms with Crippen molar-refractivity contribution >= 4 is 28.9 Å². The number of hydrogen-bond acceptors (Lipinski definition) is 6. The first-order chi connectivity index (χ1) is 10.7. The Labute approximate surface area is 133 Å². The highest BCUT2D eigenvalue weighted by molar-refractivity contribution is 5.96. The summed E-state index contributed by atoms with van der Waals surface area (Å²) in [5.41, 5.74) is 5.68. The Morgan fingerprint density at radius 1 is 1.39 bits per heavy atom. The molecule has 1 aromatic rings. The van der Waals surface area contributed by atoms with Gasteiger partial charge in [-0.2, -0.15) is 0 Å². The number of nitrogens with zero attached hydrogens (tertiary/aromatic N) is 1. The van der Waals surface area contributed by atoms with Gasteiger partial charge in [-0.05, 0) is 18.5 Å². The highest BCUT2D eigenvalue weighted by atomic mass is 16.6. The number of nitrogens with one attached hydrogen (secondary N) is 2. The number of carboxylic acids is 1. The van der Waals surface area contributed by atoms with Gasteiger partial charge in [0.25, 0.3) is 5.69 Å². The molecule has 0 fully saturated rings. The van der Waals surface area contributed by atoms with Crippen LogP contribution in [0.3, 0.4) is 0 Å². The predicted octanol–water partition coefficient (Wildman–Crippen LogP) is 1.20. The molecule has 0 aliphatic rings. The van der Waals surface area contributed by atoms with Crippen molar-refractivity contribution < 1.29 is 19.6 Å². The lowest BCUT2D eigenvalue weighted by Gasteiger charge is -2.16. The van der Waals surface area contributed by atoms with Crippen LogP contribution in [0.4, 0.5) is 17.1 Å². The van der Waals surface area contributed by atoms with Crippen molar-refractivity contribution in [1.82, 2.24) is 5.32 Å². The summed E-state index contributed by atoms with van der Waals surface area (Å²) >= 11 is 0. The van der Waals surface area contributed by atoms with Gasteiger partial charge in [-0.1, -0.05) is 13.8 Å². The summed E-state index contributed by atoms with van der Waals surface area (Å²) in [6.07, 6.45) is -0.315. The van der Waals surface area contributed by atoms with E-state index in [9.17, 15) is 19.7 Å². The van der Waals surface area contributed by atoms with E-state index in [-0.39, 0.29) is 29.4 Å². The predicted molar refractivity (Wildman–Crippen MR) is 85.0 cm³/mol. The number of nitrogen functional groups attached to an aromatic ring is 1. The average molecular weight is 324 g/mol. The van der Waals surface area contributed by atoms with E-state index in [2.05, 4.69) is 10.6 Å². The van der Waals surface area contributed by atoms with Crippen LogP contribution in [-0.4, -0.2) is 34.5 Å². The summed E-state index contributed by atoms with van der Waals surface area (Å²) in [7, 11) is 0. The van der Waals surface area contributed by atoms with E-state index in [0.29, 0.717) is 6.54 Å². The van der Waals surface area contributed by atoms with Crippen molar-refractivity contribution in [1.29, 1.82) is 0 Å². The van der Waals surface area contributed by atoms with E-state index in [4.69, 9.17) is 10.8 Å². The molecule has 0 aromatic heterocycles. The Morgan fingerprint density at radius 2 is 2.04 bits per heavy atom. The number of anilines is 2. The molecule has 1 rings (SSSR count). The molecule has 0 radical (unpaired) electrons. The molecule has 9 nitrogen and oxygen atoms in total. The van der Waals surface area contributed by atoms with Gasteiger partial charge in [0.15, 0.2) is 0 Å². The van der Waals surface area contributed by atoms with E-state index in [1.54, 1.807) is 0 Å². The Balaban J connectivity index is 2.76. The van der Waals surface area contributed by atoms with E-state index >= 15 is 0 Å². The Bertz CT molecular complexity index is 603. The zero-order valence-electron chi connectivity index (χ0n) is 12.9. The number of nitro benzene ring substituents is 1. The number of hydrogen-bond donors (Lipinski definition) is 4. The lowest BCUT2D eigenvalue weighted by atomic mass is 10.1. The molecular weight excluding hydrogens is 304 g/mol. The number of carboxylic acid groups (broad SMARTS) is 1. The van der Waals surface area contributed by atoms with Gasteiger partial charge in [0, 0.05) is 12.1 Å². The van der Waals surface area contributed by atoms with Gasteiger partial charge in [-0.15, -0.1) is 0 Å². The quantitative estimate of drug-likeness (QED) is 0.319. The van der Waals surface area contributed by atoms with Gasteiger partial charge in [0.05, 0.1) is 22.7 Å². The third-order valence-electron chi connectivity index (χ3n) is 2.98. The van der Waals surface area contributed by atoms with Crippen LogP contribution in [0.15, 0.2) is 18.2 Å². The fourth-order valence-corrected chi connectivity index (χ4v) is 1.78. The lowest BCUT2D eigenvalue weighted by Crippen LogP contribution is -2.41. The van der Waals surface area contributed by atoms with Crippen molar-refractivity contribution in [2.24, 2.45) is 5.92 Å². The minimum absolute atomic E-state index is 0.0807. The molecule has 5 N–H and O–H groups in total. The third-order valence-corrected chi connectivity index (χ3v) is 2.98. The molecule has 0 saturated carbocycles. The zero-order chi connectivity index (χ0) is 17.6. The second-order valence-electron chi connectivity index (χ2n) is 5.47. The van der Waals surface area contributed by atoms with Crippen LogP contribution in [0, 0.1) is 16.0 Å². The minimum Gasteiger partial charge on any atom is -0.480 e. The first kappa shape index (κ1) is 18.4. The monoisotopic (exact) mass is 324 g/mol. The summed E-state index contributed by atoms with van der Waals surface area (Å²) < 4.78 is 0. The molecule has 0 aliphatic carbocycles. The Morgan fingerprint density at radius 3 is 2.57 bits per heavy atom. The van der Waals surface area contributed by atoms with Crippen molar-refractivity contribution in [3.05, 3.63) is 28.3 Å². The number of nitro groups is 1. The second kappa shape index (κ2) is 8.08. The van der Waals surface area contributed by atoms with Crippen molar-refractivity contribution in [2.45, 2.75) is 26.3 Å². The SMILES string of the molecule is CC(C)CN[C@H](CC(=O)Nc1cc([N+](=O)[O-])ccc1N)C(=O)O. The Hall–Kier alpha value is -2.68. The smallest absolute Gasteiger partial charge is 0.321 e. The molecule has 0 aliphatic heterocycles. The first-order valence-corrected chi connectivity index (χ1v) is 7.00. The van der Waals surface area contributed by atoms with E-state index in [1.165, 1.54) is 12.1 Å². The average Bonchev–Trinajstić information content (AvgIpc) is 2.44. The number of carbonyl (C=O) groups is 2. The number of carbonyl (C=O) groups excluding carboxylic acids is 1. The molecule has 0 heterocycles. The molecule has 1 amide bonds. The van der Waals surface area contributed by atoms with E-state index in [0.717, 1.165) is 6.07 Å². The molecule has 0 unspecified atom stereocenters. The number of amides is 1. The van der Waals surface area contributed by atoms with Crippen LogP contribution in [0.5, 0.6) is 0 Å².